The number of hydrogen-bond acceptors (Lipinski definition) is 11. The van der Waals surface area contributed by atoms with Gasteiger partial charge in [0, 0.05) is 28.6 Å². The number of aliphatic hydroxyl groups excluding tert-OH is 1. The lowest BCUT2D eigenvalue weighted by molar-refractivity contribution is -0.118. The molecule has 1 aromatic carbocycles. The molecule has 0 radical (unpaired) electrons. The zero-order chi connectivity index (χ0) is 25.3. The van der Waals surface area contributed by atoms with Crippen molar-refractivity contribution in [3.05, 3.63) is 46.1 Å². The van der Waals surface area contributed by atoms with E-state index in [4.69, 9.17) is 52.0 Å². The first-order chi connectivity index (χ1) is 16.5. The summed E-state index contributed by atoms with van der Waals surface area (Å²) in [5.41, 5.74) is 6.21. The van der Waals surface area contributed by atoms with Crippen molar-refractivity contribution in [1.29, 1.82) is 0 Å². The Kier molecular flexibility index (Phi) is 7.94. The molecule has 0 aromatic heterocycles. The van der Waals surface area contributed by atoms with Gasteiger partial charge in [-0.25, -0.2) is 14.4 Å². The number of amidine groups is 1. The van der Waals surface area contributed by atoms with Gasteiger partial charge in [-0.3, -0.25) is 13.6 Å². The first-order valence-electron chi connectivity index (χ1n) is 10.6. The topological polar surface area (TPSA) is 162 Å². The third-order valence-electron chi connectivity index (χ3n) is 5.67. The minimum absolute atomic E-state index is 0.0792. The van der Waals surface area contributed by atoms with Gasteiger partial charge in [0.1, 0.15) is 24.3 Å². The van der Waals surface area contributed by atoms with Crippen molar-refractivity contribution in [1.82, 2.24) is 4.90 Å². The molecule has 3 unspecified atom stereocenters. The third kappa shape index (κ3) is 6.10. The number of hydrogen-bond donors (Lipinski definition) is 3. The monoisotopic (exact) mass is 551 g/mol. The van der Waals surface area contributed by atoms with E-state index in [9.17, 15) is 19.6 Å². The van der Waals surface area contributed by atoms with Crippen LogP contribution >= 0.6 is 31.0 Å². The van der Waals surface area contributed by atoms with Crippen molar-refractivity contribution in [3.8, 4) is 0 Å². The Hall–Kier alpha value is -1.89. The van der Waals surface area contributed by atoms with E-state index in [2.05, 4.69) is 4.99 Å². The fourth-order valence-electron chi connectivity index (χ4n) is 4.09. The summed E-state index contributed by atoms with van der Waals surface area (Å²) in [5.74, 6) is -0.443. The van der Waals surface area contributed by atoms with Crippen LogP contribution in [0.2, 0.25) is 10.0 Å². The number of phosphoric acid groups is 1. The standard InChI is InChI=1S/C20H24Cl2N3O9P/c1-10-17(33-20(27)28)15(32-18(10)25-4-2-16(23)24-19(25)26)9-31-35(29)30-5-3-14(34-35)11-6-12(21)8-13(22)7-11/h2,4,6-8,10,14-15,17-19,26H,3,5,9H2,1H3,(H2,23,24)(H,27,28)/t10-,14?,15+,17-,18+,19?,35?/m0/s1. The predicted molar refractivity (Wildman–Crippen MR) is 124 cm³/mol. The van der Waals surface area contributed by atoms with Gasteiger partial charge in [0.15, 0.2) is 0 Å². The van der Waals surface area contributed by atoms with Crippen molar-refractivity contribution in [2.24, 2.45) is 16.6 Å². The van der Waals surface area contributed by atoms with Crippen LogP contribution in [0.25, 0.3) is 0 Å². The van der Waals surface area contributed by atoms with Crippen LogP contribution in [0.4, 0.5) is 4.79 Å². The van der Waals surface area contributed by atoms with E-state index in [1.54, 1.807) is 25.1 Å². The highest BCUT2D eigenvalue weighted by Gasteiger charge is 2.49. The average Bonchev–Trinajstić information content (AvgIpc) is 3.06. The van der Waals surface area contributed by atoms with E-state index in [-0.39, 0.29) is 19.0 Å². The van der Waals surface area contributed by atoms with Crippen LogP contribution in [-0.4, -0.2) is 65.1 Å². The van der Waals surface area contributed by atoms with Crippen molar-refractivity contribution < 1.29 is 42.6 Å². The van der Waals surface area contributed by atoms with Crippen molar-refractivity contribution in [3.63, 3.8) is 0 Å². The molecule has 192 valence electrons. The Morgan fingerprint density at radius 1 is 1.34 bits per heavy atom. The van der Waals surface area contributed by atoms with Gasteiger partial charge in [-0.1, -0.05) is 30.1 Å². The van der Waals surface area contributed by atoms with Gasteiger partial charge < -0.3 is 30.3 Å². The average molecular weight is 552 g/mol. The summed E-state index contributed by atoms with van der Waals surface area (Å²) in [6, 6.07) is 4.85. The Morgan fingerprint density at radius 3 is 2.71 bits per heavy atom. The quantitative estimate of drug-likeness (QED) is 0.350. The van der Waals surface area contributed by atoms with Gasteiger partial charge >= 0.3 is 14.0 Å². The smallest absolute Gasteiger partial charge is 0.450 e. The van der Waals surface area contributed by atoms with Crippen LogP contribution < -0.4 is 5.73 Å². The lowest BCUT2D eigenvalue weighted by atomic mass is 10.0. The molecular weight excluding hydrogens is 528 g/mol. The lowest BCUT2D eigenvalue weighted by Gasteiger charge is -2.33. The Labute approximate surface area is 210 Å². The second-order valence-corrected chi connectivity index (χ2v) is 10.6. The van der Waals surface area contributed by atoms with E-state index in [0.29, 0.717) is 22.0 Å². The molecule has 0 amide bonds. The number of carboxylic acid groups (broad SMARTS) is 1. The van der Waals surface area contributed by atoms with Crippen LogP contribution in [0, 0.1) is 5.92 Å². The molecule has 2 fully saturated rings. The van der Waals surface area contributed by atoms with Crippen LogP contribution in [-0.2, 0) is 27.6 Å². The molecule has 3 heterocycles. The lowest BCUT2D eigenvalue weighted by Crippen LogP contribution is -2.44. The second kappa shape index (κ2) is 10.6. The Bertz CT molecular complexity index is 1050. The number of nitrogens with zero attached hydrogens (tertiary/aromatic N) is 2. The molecule has 15 heteroatoms. The van der Waals surface area contributed by atoms with Gasteiger partial charge in [-0.2, -0.15) is 0 Å². The van der Waals surface area contributed by atoms with Gasteiger partial charge in [-0.05, 0) is 29.8 Å². The van der Waals surface area contributed by atoms with Crippen molar-refractivity contribution >= 4 is 43.0 Å². The number of aliphatic imine (C=N–C) groups is 1. The Morgan fingerprint density at radius 2 is 2.06 bits per heavy atom. The van der Waals surface area contributed by atoms with E-state index in [0.717, 1.165) is 0 Å². The number of benzene rings is 1. The number of rotatable bonds is 6. The molecule has 2 saturated heterocycles. The summed E-state index contributed by atoms with van der Waals surface area (Å²) in [4.78, 5) is 16.5. The molecule has 4 N–H and O–H groups in total. The van der Waals surface area contributed by atoms with E-state index in [1.807, 2.05) is 0 Å². The summed E-state index contributed by atoms with van der Waals surface area (Å²) in [7, 11) is -4.05. The number of halogens is 2. The van der Waals surface area contributed by atoms with Gasteiger partial charge in [-0.15, -0.1) is 0 Å². The van der Waals surface area contributed by atoms with Gasteiger partial charge in [0.05, 0.1) is 19.3 Å². The minimum Gasteiger partial charge on any atom is -0.450 e. The van der Waals surface area contributed by atoms with E-state index < -0.39 is 50.8 Å². The van der Waals surface area contributed by atoms with Gasteiger partial charge in [0.2, 0.25) is 6.35 Å². The van der Waals surface area contributed by atoms with Crippen LogP contribution in [0.1, 0.15) is 25.0 Å². The highest BCUT2D eigenvalue weighted by Crippen LogP contribution is 2.57. The summed E-state index contributed by atoms with van der Waals surface area (Å²) in [6.07, 6.45) is -3.04. The number of phosphoric ester groups is 1. The fraction of sp³-hybridized carbons (Fsp3) is 0.500. The van der Waals surface area contributed by atoms with Crippen LogP contribution in [0.5, 0.6) is 0 Å². The highest BCUT2D eigenvalue weighted by atomic mass is 35.5. The first kappa shape index (κ1) is 26.2. The zero-order valence-electron chi connectivity index (χ0n) is 18.4. The largest absolute Gasteiger partial charge is 0.506 e. The fourth-order valence-corrected chi connectivity index (χ4v) is 6.02. The first-order valence-corrected chi connectivity index (χ1v) is 12.8. The predicted octanol–water partition coefficient (Wildman–Crippen LogP) is 3.48. The molecule has 3 aliphatic rings. The van der Waals surface area contributed by atoms with Crippen LogP contribution in [0.15, 0.2) is 35.5 Å². The molecule has 1 aromatic rings. The third-order valence-corrected chi connectivity index (χ3v) is 7.58. The van der Waals surface area contributed by atoms with Gasteiger partial charge in [0.25, 0.3) is 0 Å². The molecule has 7 atom stereocenters. The maximum absolute atomic E-state index is 13.2. The van der Waals surface area contributed by atoms with Crippen LogP contribution in [0.3, 0.4) is 0 Å². The SMILES string of the molecule is C[C@H]1[C@H](OC(=O)O)[C@@H](COP2(=O)OCCC(c3cc(Cl)cc(Cl)c3)O2)O[C@H]1N1C=CC(N)=NC1O. The molecule has 0 spiro atoms. The van der Waals surface area contributed by atoms with Crippen molar-refractivity contribution in [2.45, 2.75) is 44.2 Å². The molecule has 0 bridgehead atoms. The summed E-state index contributed by atoms with van der Waals surface area (Å²) >= 11 is 12.1. The Balaban J connectivity index is 1.46. The van der Waals surface area contributed by atoms with E-state index in [1.165, 1.54) is 17.2 Å². The second-order valence-electron chi connectivity index (χ2n) is 8.10. The molecule has 3 aliphatic heterocycles. The van der Waals surface area contributed by atoms with E-state index >= 15 is 0 Å². The molecule has 12 nitrogen and oxygen atoms in total. The summed E-state index contributed by atoms with van der Waals surface area (Å²) in [5, 5.41) is 20.3. The maximum Gasteiger partial charge on any atom is 0.506 e. The molecule has 4 rings (SSSR count). The summed E-state index contributed by atoms with van der Waals surface area (Å²) < 4.78 is 40.6. The molecule has 0 saturated carbocycles. The van der Waals surface area contributed by atoms with Crippen molar-refractivity contribution in [2.75, 3.05) is 13.2 Å². The maximum atomic E-state index is 13.2. The highest BCUT2D eigenvalue weighted by molar-refractivity contribution is 7.48. The minimum atomic E-state index is -4.05. The number of nitrogens with two attached hydrogens (primary N) is 1. The summed E-state index contributed by atoms with van der Waals surface area (Å²) in [6.45, 7) is 1.38. The molecule has 35 heavy (non-hydrogen) atoms. The molecular formula is C20H24Cl2N3O9P. The zero-order valence-corrected chi connectivity index (χ0v) is 20.8. The number of aliphatic hydroxyl groups is 1. The number of carbonyl (C=O) groups is 1. The molecule has 0 aliphatic carbocycles. The normalized spacial score (nSPS) is 35.1. The number of ether oxygens (including phenoxy) is 2.